The van der Waals surface area contributed by atoms with E-state index in [0.29, 0.717) is 6.54 Å². The molecule has 29 heavy (non-hydrogen) atoms. The van der Waals surface area contributed by atoms with E-state index in [1.54, 1.807) is 0 Å². The molecule has 3 N–H and O–H groups in total. The predicted octanol–water partition coefficient (Wildman–Crippen LogP) is 4.03. The fraction of sp³-hybridized carbons (Fsp3) is 0.435. The standard InChI is InChI=1S/C23H33N3O2S/c1-5-18-14-19(6-11-23(18)29)22(28)15-24-16(2)12-13-26(4)21-9-7-20(8-10-21)25-17(3)27/h6-11,14,16,22,24,28-29H,5,12-13,15H2,1-4H3,(H,25,27). The molecule has 0 aliphatic rings. The van der Waals surface area contributed by atoms with Crippen molar-refractivity contribution in [2.75, 3.05) is 30.4 Å². The molecular weight excluding hydrogens is 382 g/mol. The zero-order chi connectivity index (χ0) is 21.4. The summed E-state index contributed by atoms with van der Waals surface area (Å²) in [6, 6.07) is 14.0. The summed E-state index contributed by atoms with van der Waals surface area (Å²) < 4.78 is 0. The van der Waals surface area contributed by atoms with Gasteiger partial charge in [0.15, 0.2) is 0 Å². The molecule has 0 saturated carbocycles. The first-order chi connectivity index (χ1) is 13.8. The Morgan fingerprint density at radius 3 is 2.52 bits per heavy atom. The number of nitrogens with one attached hydrogen (secondary N) is 2. The van der Waals surface area contributed by atoms with Gasteiger partial charge in [-0.1, -0.05) is 19.1 Å². The van der Waals surface area contributed by atoms with Gasteiger partial charge in [-0.3, -0.25) is 4.79 Å². The number of hydrogen-bond donors (Lipinski definition) is 4. The smallest absolute Gasteiger partial charge is 0.221 e. The molecule has 0 saturated heterocycles. The number of aryl methyl sites for hydroxylation is 1. The number of anilines is 2. The fourth-order valence-corrected chi connectivity index (χ4v) is 3.44. The van der Waals surface area contributed by atoms with E-state index in [1.807, 2.05) is 42.5 Å². The molecule has 158 valence electrons. The van der Waals surface area contributed by atoms with Crippen LogP contribution in [0.5, 0.6) is 0 Å². The summed E-state index contributed by atoms with van der Waals surface area (Å²) in [6.07, 6.45) is 1.32. The lowest BCUT2D eigenvalue weighted by Crippen LogP contribution is -2.33. The number of aliphatic hydroxyl groups is 1. The lowest BCUT2D eigenvalue weighted by Gasteiger charge is -2.23. The third-order valence-electron chi connectivity index (χ3n) is 5.05. The Balaban J connectivity index is 1.78. The minimum Gasteiger partial charge on any atom is -0.387 e. The third kappa shape index (κ3) is 7.38. The number of carbonyl (C=O) groups excluding carboxylic acids is 1. The van der Waals surface area contributed by atoms with Crippen LogP contribution in [0.25, 0.3) is 0 Å². The number of nitrogens with zero attached hydrogens (tertiary/aromatic N) is 1. The van der Waals surface area contributed by atoms with Crippen LogP contribution in [0, 0.1) is 0 Å². The molecule has 0 aliphatic carbocycles. The summed E-state index contributed by atoms with van der Waals surface area (Å²) in [5, 5.41) is 16.7. The molecule has 2 unspecified atom stereocenters. The Morgan fingerprint density at radius 2 is 1.90 bits per heavy atom. The second kappa shape index (κ2) is 11.2. The quantitative estimate of drug-likeness (QED) is 0.442. The Hall–Kier alpha value is -2.02. The van der Waals surface area contributed by atoms with Crippen molar-refractivity contribution in [2.45, 2.75) is 50.7 Å². The molecule has 0 heterocycles. The Labute approximate surface area is 179 Å². The van der Waals surface area contributed by atoms with Crippen molar-refractivity contribution in [3.63, 3.8) is 0 Å². The second-order valence-electron chi connectivity index (χ2n) is 7.51. The van der Waals surface area contributed by atoms with Crippen molar-refractivity contribution in [1.29, 1.82) is 0 Å². The van der Waals surface area contributed by atoms with Crippen molar-refractivity contribution in [2.24, 2.45) is 0 Å². The maximum absolute atomic E-state index is 11.1. The van der Waals surface area contributed by atoms with Gasteiger partial charge in [-0.05, 0) is 61.2 Å². The SMILES string of the molecule is CCc1cc(C(O)CNC(C)CCN(C)c2ccc(NC(C)=O)cc2)ccc1S. The lowest BCUT2D eigenvalue weighted by molar-refractivity contribution is -0.114. The maximum atomic E-state index is 11.1. The highest BCUT2D eigenvalue weighted by molar-refractivity contribution is 7.80. The highest BCUT2D eigenvalue weighted by Crippen LogP contribution is 2.21. The average molecular weight is 416 g/mol. The number of carbonyl (C=O) groups is 1. The number of rotatable bonds is 10. The van der Waals surface area contributed by atoms with Gasteiger partial charge in [0.05, 0.1) is 6.10 Å². The zero-order valence-electron chi connectivity index (χ0n) is 17.8. The molecule has 0 spiro atoms. The van der Waals surface area contributed by atoms with Gasteiger partial charge >= 0.3 is 0 Å². The first-order valence-corrected chi connectivity index (χ1v) is 10.6. The van der Waals surface area contributed by atoms with Crippen molar-refractivity contribution >= 4 is 29.9 Å². The summed E-state index contributed by atoms with van der Waals surface area (Å²) >= 11 is 4.46. The third-order valence-corrected chi connectivity index (χ3v) is 5.49. The molecule has 2 aromatic rings. The van der Waals surface area contributed by atoms with E-state index in [2.05, 4.69) is 49.1 Å². The Morgan fingerprint density at radius 1 is 1.21 bits per heavy atom. The van der Waals surface area contributed by atoms with Crippen LogP contribution in [0.2, 0.25) is 0 Å². The van der Waals surface area contributed by atoms with E-state index >= 15 is 0 Å². The highest BCUT2D eigenvalue weighted by Gasteiger charge is 2.12. The van der Waals surface area contributed by atoms with Gasteiger partial charge in [0.25, 0.3) is 0 Å². The van der Waals surface area contributed by atoms with Crippen LogP contribution in [0.15, 0.2) is 47.4 Å². The molecule has 2 rings (SSSR count). The van der Waals surface area contributed by atoms with Gasteiger partial charge in [-0.25, -0.2) is 0 Å². The van der Waals surface area contributed by atoms with E-state index in [9.17, 15) is 9.90 Å². The first-order valence-electron chi connectivity index (χ1n) is 10.1. The van der Waals surface area contributed by atoms with Crippen LogP contribution >= 0.6 is 12.6 Å². The fourth-order valence-electron chi connectivity index (χ4n) is 3.15. The number of amides is 1. The molecule has 0 aliphatic heterocycles. The van der Waals surface area contributed by atoms with Crippen LogP contribution in [-0.2, 0) is 11.2 Å². The largest absolute Gasteiger partial charge is 0.387 e. The number of aliphatic hydroxyl groups excluding tert-OH is 1. The Kier molecular flexibility index (Phi) is 9.01. The van der Waals surface area contributed by atoms with Crippen molar-refractivity contribution in [1.82, 2.24) is 5.32 Å². The van der Waals surface area contributed by atoms with E-state index < -0.39 is 6.10 Å². The summed E-state index contributed by atoms with van der Waals surface area (Å²) in [5.41, 5.74) is 3.99. The molecule has 6 heteroatoms. The van der Waals surface area contributed by atoms with Crippen molar-refractivity contribution < 1.29 is 9.90 Å². The lowest BCUT2D eigenvalue weighted by atomic mass is 10.0. The van der Waals surface area contributed by atoms with Crippen LogP contribution in [-0.4, -0.2) is 37.2 Å². The van der Waals surface area contributed by atoms with Crippen LogP contribution in [0.1, 0.15) is 44.4 Å². The normalized spacial score (nSPS) is 13.0. The summed E-state index contributed by atoms with van der Waals surface area (Å²) in [5.74, 6) is -0.0688. The molecule has 0 aromatic heterocycles. The molecule has 2 aromatic carbocycles. The molecule has 2 atom stereocenters. The average Bonchev–Trinajstić information content (AvgIpc) is 2.70. The van der Waals surface area contributed by atoms with Crippen LogP contribution in [0.3, 0.4) is 0 Å². The van der Waals surface area contributed by atoms with E-state index in [1.165, 1.54) is 6.92 Å². The molecule has 0 radical (unpaired) electrons. The van der Waals surface area contributed by atoms with E-state index in [0.717, 1.165) is 46.8 Å². The minimum absolute atomic E-state index is 0.0688. The second-order valence-corrected chi connectivity index (χ2v) is 7.99. The minimum atomic E-state index is -0.532. The molecule has 5 nitrogen and oxygen atoms in total. The number of thiol groups is 1. The summed E-state index contributed by atoms with van der Waals surface area (Å²) in [4.78, 5) is 14.3. The predicted molar refractivity (Wildman–Crippen MR) is 124 cm³/mol. The summed E-state index contributed by atoms with van der Waals surface area (Å²) in [7, 11) is 2.06. The number of hydrogen-bond acceptors (Lipinski definition) is 5. The highest BCUT2D eigenvalue weighted by atomic mass is 32.1. The van der Waals surface area contributed by atoms with Crippen molar-refractivity contribution in [3.8, 4) is 0 Å². The van der Waals surface area contributed by atoms with Crippen LogP contribution < -0.4 is 15.5 Å². The molecule has 1 amide bonds. The van der Waals surface area contributed by atoms with Gasteiger partial charge in [0.2, 0.25) is 5.91 Å². The monoisotopic (exact) mass is 415 g/mol. The number of benzene rings is 2. The topological polar surface area (TPSA) is 64.6 Å². The summed E-state index contributed by atoms with van der Waals surface area (Å²) in [6.45, 7) is 7.14. The Bertz CT molecular complexity index is 795. The van der Waals surface area contributed by atoms with Gasteiger partial charge < -0.3 is 20.6 Å². The van der Waals surface area contributed by atoms with Gasteiger partial charge in [-0.2, -0.15) is 0 Å². The molecule has 0 bridgehead atoms. The van der Waals surface area contributed by atoms with Gasteiger partial charge in [0.1, 0.15) is 0 Å². The van der Waals surface area contributed by atoms with Crippen LogP contribution in [0.4, 0.5) is 11.4 Å². The van der Waals surface area contributed by atoms with E-state index in [4.69, 9.17) is 0 Å². The van der Waals surface area contributed by atoms with Crippen molar-refractivity contribution in [3.05, 3.63) is 53.6 Å². The van der Waals surface area contributed by atoms with Gasteiger partial charge in [-0.15, -0.1) is 12.6 Å². The first kappa shape index (κ1) is 23.3. The van der Waals surface area contributed by atoms with E-state index in [-0.39, 0.29) is 11.9 Å². The molecular formula is C23H33N3O2S. The zero-order valence-corrected chi connectivity index (χ0v) is 18.7. The maximum Gasteiger partial charge on any atom is 0.221 e. The van der Waals surface area contributed by atoms with Gasteiger partial charge in [0, 0.05) is 49.4 Å². The molecule has 0 fully saturated rings.